The summed E-state index contributed by atoms with van der Waals surface area (Å²) in [5, 5.41) is 7.06. The standard InChI is InChI=1S/C23H28N4O4S/c1-15-7-12-21(16(2)13-15)24-22(28)14-27(19-8-10-20(31-6)11-9-19)32(29,30)23-17(3)25-26(5)18(23)4/h7-13H,14H2,1-6H3,(H,24,28). The van der Waals surface area contributed by atoms with E-state index in [1.165, 1.54) is 11.8 Å². The summed E-state index contributed by atoms with van der Waals surface area (Å²) in [6, 6.07) is 12.2. The molecule has 0 saturated carbocycles. The van der Waals surface area contributed by atoms with Crippen molar-refractivity contribution in [3.05, 3.63) is 65.0 Å². The summed E-state index contributed by atoms with van der Waals surface area (Å²) in [5.74, 6) is 0.134. The highest BCUT2D eigenvalue weighted by Crippen LogP contribution is 2.29. The zero-order valence-corrected chi connectivity index (χ0v) is 19.9. The van der Waals surface area contributed by atoms with E-state index >= 15 is 0 Å². The zero-order chi connectivity index (χ0) is 23.6. The fourth-order valence-corrected chi connectivity index (χ4v) is 5.40. The van der Waals surface area contributed by atoms with Crippen LogP contribution in [0, 0.1) is 27.7 Å². The molecule has 1 amide bonds. The van der Waals surface area contributed by atoms with Crippen LogP contribution in [0.5, 0.6) is 5.75 Å². The minimum Gasteiger partial charge on any atom is -0.497 e. The number of sulfonamides is 1. The van der Waals surface area contributed by atoms with E-state index in [-0.39, 0.29) is 4.90 Å². The summed E-state index contributed by atoms with van der Waals surface area (Å²) in [6.07, 6.45) is 0. The van der Waals surface area contributed by atoms with Crippen molar-refractivity contribution in [3.63, 3.8) is 0 Å². The summed E-state index contributed by atoms with van der Waals surface area (Å²) in [6.45, 7) is 6.80. The van der Waals surface area contributed by atoms with E-state index in [1.807, 2.05) is 32.0 Å². The normalized spacial score (nSPS) is 11.3. The van der Waals surface area contributed by atoms with Crippen molar-refractivity contribution in [1.82, 2.24) is 9.78 Å². The van der Waals surface area contributed by atoms with E-state index in [9.17, 15) is 13.2 Å². The number of nitrogens with one attached hydrogen (secondary N) is 1. The van der Waals surface area contributed by atoms with Gasteiger partial charge in [0.1, 0.15) is 17.2 Å². The number of methoxy groups -OCH3 is 1. The van der Waals surface area contributed by atoms with Gasteiger partial charge >= 0.3 is 0 Å². The molecule has 3 rings (SSSR count). The number of anilines is 2. The molecule has 0 bridgehead atoms. The van der Waals surface area contributed by atoms with Gasteiger partial charge in [-0.15, -0.1) is 0 Å². The highest BCUT2D eigenvalue weighted by molar-refractivity contribution is 7.93. The number of hydrogen-bond donors (Lipinski definition) is 1. The van der Waals surface area contributed by atoms with Crippen molar-refractivity contribution in [2.75, 3.05) is 23.3 Å². The maximum atomic E-state index is 13.7. The molecule has 9 heteroatoms. The van der Waals surface area contributed by atoms with Crippen LogP contribution in [-0.2, 0) is 21.9 Å². The van der Waals surface area contributed by atoms with Crippen molar-refractivity contribution in [2.45, 2.75) is 32.6 Å². The summed E-state index contributed by atoms with van der Waals surface area (Å²) >= 11 is 0. The fraction of sp³-hybridized carbons (Fsp3) is 0.304. The van der Waals surface area contributed by atoms with Gasteiger partial charge in [0, 0.05) is 12.7 Å². The number of aryl methyl sites for hydroxylation is 4. The molecule has 1 heterocycles. The molecule has 170 valence electrons. The van der Waals surface area contributed by atoms with Gasteiger partial charge in [-0.1, -0.05) is 17.7 Å². The Morgan fingerprint density at radius 3 is 2.28 bits per heavy atom. The second-order valence-electron chi connectivity index (χ2n) is 7.70. The summed E-state index contributed by atoms with van der Waals surface area (Å²) in [5.41, 5.74) is 3.83. The predicted octanol–water partition coefficient (Wildman–Crippen LogP) is 3.50. The third kappa shape index (κ3) is 4.62. The van der Waals surface area contributed by atoms with Gasteiger partial charge in [-0.3, -0.25) is 13.8 Å². The van der Waals surface area contributed by atoms with Crippen LogP contribution in [0.3, 0.4) is 0 Å². The number of benzene rings is 2. The first-order chi connectivity index (χ1) is 15.0. The average molecular weight is 457 g/mol. The van der Waals surface area contributed by atoms with Gasteiger partial charge in [0.25, 0.3) is 10.0 Å². The minimum atomic E-state index is -4.07. The predicted molar refractivity (Wildman–Crippen MR) is 125 cm³/mol. The van der Waals surface area contributed by atoms with Crippen LogP contribution in [0.2, 0.25) is 0 Å². The molecule has 0 aliphatic heterocycles. The summed E-state index contributed by atoms with van der Waals surface area (Å²) < 4.78 is 35.2. The van der Waals surface area contributed by atoms with Crippen molar-refractivity contribution in [3.8, 4) is 5.75 Å². The van der Waals surface area contributed by atoms with E-state index in [1.54, 1.807) is 45.2 Å². The number of carbonyl (C=O) groups excluding carboxylic acids is 1. The van der Waals surface area contributed by atoms with Gasteiger partial charge in [0.2, 0.25) is 5.91 Å². The van der Waals surface area contributed by atoms with Crippen molar-refractivity contribution in [2.24, 2.45) is 7.05 Å². The van der Waals surface area contributed by atoms with Crippen molar-refractivity contribution >= 4 is 27.3 Å². The molecule has 0 fully saturated rings. The van der Waals surface area contributed by atoms with E-state index in [0.717, 1.165) is 15.4 Å². The van der Waals surface area contributed by atoms with Crippen molar-refractivity contribution < 1.29 is 17.9 Å². The number of rotatable bonds is 7. The van der Waals surface area contributed by atoms with Crippen LogP contribution in [-0.4, -0.2) is 37.8 Å². The van der Waals surface area contributed by atoms with Crippen LogP contribution in [0.25, 0.3) is 0 Å². The Bertz CT molecular complexity index is 1250. The summed E-state index contributed by atoms with van der Waals surface area (Å²) in [4.78, 5) is 13.0. The van der Waals surface area contributed by atoms with E-state index in [2.05, 4.69) is 10.4 Å². The van der Waals surface area contributed by atoms with E-state index < -0.39 is 22.5 Å². The zero-order valence-electron chi connectivity index (χ0n) is 19.1. The lowest BCUT2D eigenvalue weighted by Crippen LogP contribution is -2.38. The topological polar surface area (TPSA) is 93.5 Å². The molecule has 0 aliphatic rings. The quantitative estimate of drug-likeness (QED) is 0.587. The maximum absolute atomic E-state index is 13.7. The Balaban J connectivity index is 2.01. The van der Waals surface area contributed by atoms with Gasteiger partial charge in [-0.2, -0.15) is 5.10 Å². The molecule has 8 nitrogen and oxygen atoms in total. The third-order valence-corrected chi connectivity index (χ3v) is 7.32. The molecule has 1 N–H and O–H groups in total. The molecule has 0 saturated heterocycles. The number of amides is 1. The number of hydrogen-bond acceptors (Lipinski definition) is 5. The lowest BCUT2D eigenvalue weighted by atomic mass is 10.1. The lowest BCUT2D eigenvalue weighted by molar-refractivity contribution is -0.114. The molecule has 32 heavy (non-hydrogen) atoms. The molecule has 1 aromatic heterocycles. The van der Waals surface area contributed by atoms with Crippen LogP contribution >= 0.6 is 0 Å². The first-order valence-corrected chi connectivity index (χ1v) is 11.5. The number of carbonyl (C=O) groups is 1. The maximum Gasteiger partial charge on any atom is 0.268 e. The fourth-order valence-electron chi connectivity index (χ4n) is 3.58. The highest BCUT2D eigenvalue weighted by atomic mass is 32.2. The molecular weight excluding hydrogens is 428 g/mol. The van der Waals surface area contributed by atoms with Crippen LogP contribution in [0.1, 0.15) is 22.5 Å². The second kappa shape index (κ2) is 9.04. The molecule has 0 unspecified atom stereocenters. The number of aromatic nitrogens is 2. The molecule has 3 aromatic rings. The molecule has 2 aromatic carbocycles. The van der Waals surface area contributed by atoms with Crippen molar-refractivity contribution in [1.29, 1.82) is 0 Å². The highest BCUT2D eigenvalue weighted by Gasteiger charge is 2.32. The Morgan fingerprint density at radius 1 is 1.09 bits per heavy atom. The monoisotopic (exact) mass is 456 g/mol. The van der Waals surface area contributed by atoms with Gasteiger partial charge in [0.15, 0.2) is 0 Å². The lowest BCUT2D eigenvalue weighted by Gasteiger charge is -2.24. The molecule has 0 atom stereocenters. The molecule has 0 aliphatic carbocycles. The van der Waals surface area contributed by atoms with Crippen LogP contribution in [0.4, 0.5) is 11.4 Å². The second-order valence-corrected chi connectivity index (χ2v) is 9.50. The molecule has 0 spiro atoms. The smallest absolute Gasteiger partial charge is 0.268 e. The van der Waals surface area contributed by atoms with Gasteiger partial charge in [0.05, 0.1) is 24.2 Å². The number of nitrogens with zero attached hydrogens (tertiary/aromatic N) is 3. The number of ether oxygens (including phenoxy) is 1. The van der Waals surface area contributed by atoms with Crippen LogP contribution < -0.4 is 14.4 Å². The van der Waals surface area contributed by atoms with Crippen LogP contribution in [0.15, 0.2) is 47.4 Å². The van der Waals surface area contributed by atoms with E-state index in [0.29, 0.717) is 28.5 Å². The Hall–Kier alpha value is -3.33. The first-order valence-electron chi connectivity index (χ1n) is 10.1. The molecule has 0 radical (unpaired) electrons. The van der Waals surface area contributed by atoms with Gasteiger partial charge in [-0.25, -0.2) is 8.42 Å². The SMILES string of the molecule is COc1ccc(N(CC(=O)Nc2ccc(C)cc2C)S(=O)(=O)c2c(C)nn(C)c2C)cc1. The molecular formula is C23H28N4O4S. The van der Waals surface area contributed by atoms with Gasteiger partial charge < -0.3 is 10.1 Å². The Morgan fingerprint density at radius 2 is 1.75 bits per heavy atom. The van der Waals surface area contributed by atoms with Gasteiger partial charge in [-0.05, 0) is 63.6 Å². The Labute approximate surface area is 188 Å². The minimum absolute atomic E-state index is 0.0927. The third-order valence-electron chi connectivity index (χ3n) is 5.29. The first kappa shape index (κ1) is 23.3. The van der Waals surface area contributed by atoms with E-state index in [4.69, 9.17) is 4.74 Å². The Kier molecular flexibility index (Phi) is 6.59. The summed E-state index contributed by atoms with van der Waals surface area (Å²) in [7, 11) is -0.853. The average Bonchev–Trinajstić information content (AvgIpc) is 3.00. The largest absolute Gasteiger partial charge is 0.497 e.